The second-order valence-corrected chi connectivity index (χ2v) is 4.28. The summed E-state index contributed by atoms with van der Waals surface area (Å²) in [5.74, 6) is -0.808. The molecule has 0 heterocycles. The molecule has 6 heteroatoms. The number of thioether (sulfide) groups is 1. The third-order valence-electron chi connectivity index (χ3n) is 1.53. The molecule has 0 aliphatic heterocycles. The van der Waals surface area contributed by atoms with Crippen LogP contribution in [0.3, 0.4) is 0 Å². The normalized spacial score (nSPS) is 10.4. The second-order valence-electron chi connectivity index (χ2n) is 2.34. The summed E-state index contributed by atoms with van der Waals surface area (Å²) in [5, 5.41) is -0.802. The van der Waals surface area contributed by atoms with E-state index in [9.17, 15) is 9.18 Å². The molecule has 1 aromatic rings. The van der Waals surface area contributed by atoms with E-state index in [0.717, 1.165) is 6.07 Å². The molecule has 0 unspecified atom stereocenters. The Morgan fingerprint density at radius 2 is 2.07 bits per heavy atom. The molecule has 0 aliphatic carbocycles. The highest BCUT2D eigenvalue weighted by molar-refractivity contribution is 7.98. The van der Waals surface area contributed by atoms with Crippen LogP contribution in [0.2, 0.25) is 10.0 Å². The number of benzene rings is 1. The Hall–Kier alpha value is 0.0400. The van der Waals surface area contributed by atoms with Crippen molar-refractivity contribution < 1.29 is 9.18 Å². The van der Waals surface area contributed by atoms with E-state index in [0.29, 0.717) is 4.90 Å². The van der Waals surface area contributed by atoms with Crippen molar-refractivity contribution in [3.63, 3.8) is 0 Å². The molecule has 0 bridgehead atoms. The van der Waals surface area contributed by atoms with Gasteiger partial charge in [0.1, 0.15) is 5.82 Å². The zero-order chi connectivity index (χ0) is 10.9. The van der Waals surface area contributed by atoms with Gasteiger partial charge in [0.05, 0.1) is 15.6 Å². The lowest BCUT2D eigenvalue weighted by molar-refractivity contribution is 0.107. The first-order chi connectivity index (χ1) is 6.49. The minimum atomic E-state index is -0.931. The highest BCUT2D eigenvalue weighted by Gasteiger charge is 2.19. The third kappa shape index (κ3) is 2.16. The zero-order valence-electron chi connectivity index (χ0n) is 6.91. The Kier molecular flexibility index (Phi) is 4.07. The summed E-state index contributed by atoms with van der Waals surface area (Å²) in [6.45, 7) is 0. The Morgan fingerprint density at radius 1 is 1.50 bits per heavy atom. The van der Waals surface area contributed by atoms with Crippen LogP contribution in [0.25, 0.3) is 0 Å². The molecule has 0 amide bonds. The van der Waals surface area contributed by atoms with Crippen molar-refractivity contribution in [2.75, 3.05) is 6.26 Å². The van der Waals surface area contributed by atoms with E-state index in [2.05, 4.69) is 0 Å². The average molecular weight is 274 g/mol. The highest BCUT2D eigenvalue weighted by atomic mass is 35.5. The highest BCUT2D eigenvalue weighted by Crippen LogP contribution is 2.37. The summed E-state index contributed by atoms with van der Waals surface area (Å²) in [5.41, 5.74) is -0.331. The van der Waals surface area contributed by atoms with Crippen LogP contribution in [0.5, 0.6) is 0 Å². The molecule has 0 aromatic heterocycles. The van der Waals surface area contributed by atoms with E-state index in [1.165, 1.54) is 11.8 Å². The summed E-state index contributed by atoms with van der Waals surface area (Å²) in [7, 11) is 0. The molecule has 0 aliphatic rings. The number of carbonyl (C=O) groups excluding carboxylic acids is 1. The van der Waals surface area contributed by atoms with E-state index < -0.39 is 11.1 Å². The number of hydrogen-bond acceptors (Lipinski definition) is 2. The molecule has 1 nitrogen and oxygen atoms in total. The fraction of sp³-hybridized carbons (Fsp3) is 0.125. The summed E-state index contributed by atoms with van der Waals surface area (Å²) in [4.78, 5) is 11.3. The van der Waals surface area contributed by atoms with Gasteiger partial charge >= 0.3 is 0 Å². The van der Waals surface area contributed by atoms with Crippen molar-refractivity contribution in [1.29, 1.82) is 0 Å². The van der Waals surface area contributed by atoms with Gasteiger partial charge in [-0.25, -0.2) is 4.39 Å². The van der Waals surface area contributed by atoms with Gasteiger partial charge in [-0.15, -0.1) is 11.8 Å². The van der Waals surface area contributed by atoms with E-state index in [-0.39, 0.29) is 15.6 Å². The molecule has 14 heavy (non-hydrogen) atoms. The molecule has 0 atom stereocenters. The number of hydrogen-bond donors (Lipinski definition) is 0. The Labute approximate surface area is 99.5 Å². The van der Waals surface area contributed by atoms with Crippen molar-refractivity contribution in [2.24, 2.45) is 0 Å². The smallest absolute Gasteiger partial charge is 0.256 e. The predicted octanol–water partition coefficient (Wildman–Crippen LogP) is 4.23. The van der Waals surface area contributed by atoms with Crippen LogP contribution in [0.1, 0.15) is 10.4 Å². The first-order valence-corrected chi connectivity index (χ1v) is 5.76. The number of carbonyl (C=O) groups is 1. The molecule has 0 saturated carbocycles. The fourth-order valence-electron chi connectivity index (χ4n) is 0.939. The number of halogens is 4. The minimum absolute atomic E-state index is 0.0394. The van der Waals surface area contributed by atoms with E-state index in [1.807, 2.05) is 0 Å². The molecule has 0 saturated heterocycles. The molecular formula is C8H4Cl3FOS. The molecule has 1 rings (SSSR count). The van der Waals surface area contributed by atoms with Gasteiger partial charge in [-0.3, -0.25) is 4.79 Å². The van der Waals surface area contributed by atoms with Crippen LogP contribution < -0.4 is 0 Å². The monoisotopic (exact) mass is 272 g/mol. The summed E-state index contributed by atoms with van der Waals surface area (Å²) >= 11 is 17.9. The van der Waals surface area contributed by atoms with Gasteiger partial charge in [-0.05, 0) is 23.9 Å². The van der Waals surface area contributed by atoms with Crippen LogP contribution in [-0.2, 0) is 0 Å². The van der Waals surface area contributed by atoms with Gasteiger partial charge in [0.15, 0.2) is 0 Å². The Bertz CT molecular complexity index is 395. The van der Waals surface area contributed by atoms with Crippen LogP contribution in [0.4, 0.5) is 4.39 Å². The number of rotatable bonds is 2. The Balaban J connectivity index is 3.52. The molecular weight excluding hydrogens is 270 g/mol. The van der Waals surface area contributed by atoms with Crippen LogP contribution in [0, 0.1) is 5.82 Å². The van der Waals surface area contributed by atoms with Crippen molar-refractivity contribution >= 4 is 51.8 Å². The SMILES string of the molecule is CSc1c(Cl)cc(F)c(C(=O)Cl)c1Cl. The Morgan fingerprint density at radius 3 is 2.50 bits per heavy atom. The third-order valence-corrected chi connectivity index (χ3v) is 3.45. The van der Waals surface area contributed by atoms with Crippen molar-refractivity contribution in [3.05, 3.63) is 27.5 Å². The molecule has 0 N–H and O–H groups in total. The van der Waals surface area contributed by atoms with E-state index in [1.54, 1.807) is 6.26 Å². The standard InChI is InChI=1S/C8H4Cl3FOS/c1-14-7-3(9)2-4(12)5(6(7)10)8(11)13/h2H,1H3. The van der Waals surface area contributed by atoms with Crippen molar-refractivity contribution in [2.45, 2.75) is 4.90 Å². The van der Waals surface area contributed by atoms with Crippen LogP contribution in [0.15, 0.2) is 11.0 Å². The van der Waals surface area contributed by atoms with Crippen LogP contribution >= 0.6 is 46.6 Å². The molecule has 0 spiro atoms. The summed E-state index contributed by atoms with van der Waals surface area (Å²) in [6, 6.07) is 1.02. The second kappa shape index (κ2) is 4.71. The van der Waals surface area contributed by atoms with E-state index >= 15 is 0 Å². The minimum Gasteiger partial charge on any atom is -0.275 e. The predicted molar refractivity (Wildman–Crippen MR) is 58.4 cm³/mol. The maximum absolute atomic E-state index is 13.2. The lowest BCUT2D eigenvalue weighted by Crippen LogP contribution is -1.97. The van der Waals surface area contributed by atoms with Gasteiger partial charge < -0.3 is 0 Å². The average Bonchev–Trinajstić information content (AvgIpc) is 2.02. The van der Waals surface area contributed by atoms with Gasteiger partial charge in [0.2, 0.25) is 0 Å². The topological polar surface area (TPSA) is 17.1 Å². The van der Waals surface area contributed by atoms with Crippen molar-refractivity contribution in [1.82, 2.24) is 0 Å². The van der Waals surface area contributed by atoms with Gasteiger partial charge in [0.25, 0.3) is 5.24 Å². The maximum Gasteiger partial charge on any atom is 0.256 e. The zero-order valence-corrected chi connectivity index (χ0v) is 9.99. The quantitative estimate of drug-likeness (QED) is 0.592. The molecule has 76 valence electrons. The van der Waals surface area contributed by atoms with Gasteiger partial charge in [-0.1, -0.05) is 23.2 Å². The van der Waals surface area contributed by atoms with Crippen LogP contribution in [-0.4, -0.2) is 11.5 Å². The summed E-state index contributed by atoms with van der Waals surface area (Å²) in [6.07, 6.45) is 1.72. The van der Waals surface area contributed by atoms with E-state index in [4.69, 9.17) is 34.8 Å². The molecule has 1 aromatic carbocycles. The van der Waals surface area contributed by atoms with Crippen molar-refractivity contribution in [3.8, 4) is 0 Å². The lowest BCUT2D eigenvalue weighted by Gasteiger charge is -2.07. The largest absolute Gasteiger partial charge is 0.275 e. The molecule has 0 fully saturated rings. The summed E-state index contributed by atoms with van der Waals surface area (Å²) < 4.78 is 13.2. The van der Waals surface area contributed by atoms with Gasteiger partial charge in [0, 0.05) is 4.90 Å². The lowest BCUT2D eigenvalue weighted by atomic mass is 10.2. The molecule has 0 radical (unpaired) electrons. The van der Waals surface area contributed by atoms with Gasteiger partial charge in [-0.2, -0.15) is 0 Å². The first kappa shape index (κ1) is 12.1. The first-order valence-electron chi connectivity index (χ1n) is 3.40. The maximum atomic E-state index is 13.2. The fourth-order valence-corrected chi connectivity index (χ4v) is 2.69.